The first-order chi connectivity index (χ1) is 16.7. The molecule has 9 heteroatoms. The van der Waals surface area contributed by atoms with Gasteiger partial charge in [-0.15, -0.1) is 0 Å². The number of carboxylic acid groups (broad SMARTS) is 1. The quantitative estimate of drug-likeness (QED) is 0.547. The second kappa shape index (κ2) is 10.7. The number of hydrogen-bond acceptors (Lipinski definition) is 7. The number of hydrogen-bond donors (Lipinski definition) is 1. The smallest absolute Gasteiger partial charge is 0.410 e. The standard InChI is InChI=1S/C26H35N3O6/c1-15(25(30)31)18-9-10-20(13-18)34-23-12-11-22(27-17(23)3)24-21(16(2)28-35-24)14-33-26(32)29(4)19-7-5-6-8-19/h11-12,15,18-20H,5-10,13-14H2,1-4H3,(H,30,31)/t15?,18-,20-/m0/s1. The molecule has 2 aromatic rings. The van der Waals surface area contributed by atoms with Gasteiger partial charge in [0.2, 0.25) is 0 Å². The van der Waals surface area contributed by atoms with E-state index in [1.807, 2.05) is 26.0 Å². The molecule has 2 saturated carbocycles. The van der Waals surface area contributed by atoms with Crippen LogP contribution in [0.25, 0.3) is 11.5 Å². The van der Waals surface area contributed by atoms with Crippen molar-refractivity contribution in [3.8, 4) is 17.2 Å². The zero-order valence-electron chi connectivity index (χ0n) is 21.0. The lowest BCUT2D eigenvalue weighted by atomic mass is 9.93. The zero-order valence-corrected chi connectivity index (χ0v) is 21.0. The first kappa shape index (κ1) is 25.0. The Morgan fingerprint density at radius 1 is 1.17 bits per heavy atom. The lowest BCUT2D eigenvalue weighted by Gasteiger charge is -2.23. The fourth-order valence-electron chi connectivity index (χ4n) is 5.15. The normalized spacial score (nSPS) is 21.1. The largest absolute Gasteiger partial charge is 0.489 e. The number of aromatic nitrogens is 2. The SMILES string of the molecule is Cc1nc(-c2onc(C)c2COC(=O)N(C)C2CCCC2)ccc1O[C@H]1CC[C@H](C(C)C(=O)O)C1. The number of rotatable bonds is 8. The molecule has 1 N–H and O–H groups in total. The van der Waals surface area contributed by atoms with Crippen LogP contribution in [-0.2, 0) is 16.1 Å². The molecule has 4 rings (SSSR count). The minimum absolute atomic E-state index is 0.0208. The van der Waals surface area contributed by atoms with Crippen molar-refractivity contribution in [1.29, 1.82) is 0 Å². The molecule has 0 aromatic carbocycles. The molecule has 2 aliphatic rings. The van der Waals surface area contributed by atoms with Gasteiger partial charge in [0.1, 0.15) is 18.1 Å². The molecule has 9 nitrogen and oxygen atoms in total. The Morgan fingerprint density at radius 2 is 1.91 bits per heavy atom. The van der Waals surface area contributed by atoms with Crippen LogP contribution in [0.4, 0.5) is 4.79 Å². The molecule has 0 bridgehead atoms. The van der Waals surface area contributed by atoms with Gasteiger partial charge in [0.15, 0.2) is 5.76 Å². The van der Waals surface area contributed by atoms with Gasteiger partial charge in [-0.3, -0.25) is 4.79 Å². The first-order valence-corrected chi connectivity index (χ1v) is 12.5. The number of carboxylic acids is 1. The van der Waals surface area contributed by atoms with E-state index >= 15 is 0 Å². The molecule has 1 unspecified atom stereocenters. The molecule has 0 saturated heterocycles. The molecule has 35 heavy (non-hydrogen) atoms. The van der Waals surface area contributed by atoms with Gasteiger partial charge < -0.3 is 24.0 Å². The third kappa shape index (κ3) is 5.60. The van der Waals surface area contributed by atoms with Crippen LogP contribution in [-0.4, -0.2) is 51.4 Å². The molecule has 0 radical (unpaired) electrons. The van der Waals surface area contributed by atoms with Crippen LogP contribution in [0.3, 0.4) is 0 Å². The lowest BCUT2D eigenvalue weighted by molar-refractivity contribution is -0.142. The van der Waals surface area contributed by atoms with Crippen molar-refractivity contribution < 1.29 is 28.7 Å². The summed E-state index contributed by atoms with van der Waals surface area (Å²) in [5, 5.41) is 13.3. The fourth-order valence-corrected chi connectivity index (χ4v) is 5.15. The van der Waals surface area contributed by atoms with Gasteiger partial charge in [-0.05, 0) is 64.0 Å². The van der Waals surface area contributed by atoms with Crippen molar-refractivity contribution in [3.05, 3.63) is 29.1 Å². The maximum atomic E-state index is 12.5. The Morgan fingerprint density at radius 3 is 2.60 bits per heavy atom. The van der Waals surface area contributed by atoms with E-state index in [1.54, 1.807) is 18.9 Å². The Labute approximate surface area is 205 Å². The van der Waals surface area contributed by atoms with E-state index in [2.05, 4.69) is 10.1 Å². The summed E-state index contributed by atoms with van der Waals surface area (Å²) in [6.45, 7) is 5.50. The van der Waals surface area contributed by atoms with Gasteiger partial charge in [-0.25, -0.2) is 9.78 Å². The summed E-state index contributed by atoms with van der Waals surface area (Å²) < 4.78 is 17.3. The van der Waals surface area contributed by atoms with E-state index < -0.39 is 5.97 Å². The van der Waals surface area contributed by atoms with E-state index in [9.17, 15) is 14.7 Å². The van der Waals surface area contributed by atoms with E-state index in [0.717, 1.165) is 44.9 Å². The highest BCUT2D eigenvalue weighted by molar-refractivity contribution is 5.70. The van der Waals surface area contributed by atoms with Crippen molar-refractivity contribution in [2.45, 2.75) is 84.5 Å². The predicted molar refractivity (Wildman–Crippen MR) is 128 cm³/mol. The molecule has 2 fully saturated rings. The van der Waals surface area contributed by atoms with E-state index in [1.165, 1.54) is 0 Å². The van der Waals surface area contributed by atoms with Crippen molar-refractivity contribution in [1.82, 2.24) is 15.0 Å². The number of pyridine rings is 1. The minimum atomic E-state index is -0.758. The lowest BCUT2D eigenvalue weighted by Crippen LogP contribution is -2.35. The van der Waals surface area contributed by atoms with Crippen LogP contribution in [0.1, 0.15) is 68.8 Å². The average molecular weight is 486 g/mol. The maximum absolute atomic E-state index is 12.5. The van der Waals surface area contributed by atoms with Crippen molar-refractivity contribution in [2.75, 3.05) is 7.05 Å². The van der Waals surface area contributed by atoms with Crippen LogP contribution in [0, 0.1) is 25.7 Å². The van der Waals surface area contributed by atoms with Gasteiger partial charge in [0.05, 0.1) is 29.0 Å². The van der Waals surface area contributed by atoms with Crippen molar-refractivity contribution >= 4 is 12.1 Å². The van der Waals surface area contributed by atoms with Crippen LogP contribution >= 0.6 is 0 Å². The van der Waals surface area contributed by atoms with Crippen LogP contribution < -0.4 is 4.74 Å². The highest BCUT2D eigenvalue weighted by Crippen LogP contribution is 2.35. The third-order valence-corrected chi connectivity index (χ3v) is 7.57. The average Bonchev–Trinajstić information content (AvgIpc) is 3.59. The monoisotopic (exact) mass is 485 g/mol. The Hall–Kier alpha value is -3.10. The Kier molecular flexibility index (Phi) is 7.62. The summed E-state index contributed by atoms with van der Waals surface area (Å²) >= 11 is 0. The minimum Gasteiger partial charge on any atom is -0.489 e. The molecule has 2 aliphatic carbocycles. The topological polar surface area (TPSA) is 115 Å². The number of carbonyl (C=O) groups is 2. The zero-order chi connectivity index (χ0) is 25.1. The van der Waals surface area contributed by atoms with Gasteiger partial charge in [0, 0.05) is 13.1 Å². The summed E-state index contributed by atoms with van der Waals surface area (Å²) in [6, 6.07) is 3.91. The molecule has 2 aromatic heterocycles. The molecule has 3 atom stereocenters. The van der Waals surface area contributed by atoms with Crippen LogP contribution in [0.5, 0.6) is 5.75 Å². The number of aryl methyl sites for hydroxylation is 2. The van der Waals surface area contributed by atoms with E-state index in [4.69, 9.17) is 14.0 Å². The summed E-state index contributed by atoms with van der Waals surface area (Å²) in [5.74, 6) is 0.145. The van der Waals surface area contributed by atoms with Crippen LogP contribution in [0.15, 0.2) is 16.7 Å². The summed E-state index contributed by atoms with van der Waals surface area (Å²) in [5.41, 5.74) is 2.64. The van der Waals surface area contributed by atoms with Crippen LogP contribution in [0.2, 0.25) is 0 Å². The van der Waals surface area contributed by atoms with Gasteiger partial charge >= 0.3 is 12.1 Å². The summed E-state index contributed by atoms with van der Waals surface area (Å²) in [7, 11) is 1.79. The van der Waals surface area contributed by atoms with Gasteiger partial charge in [-0.2, -0.15) is 0 Å². The van der Waals surface area contributed by atoms with Crippen molar-refractivity contribution in [2.24, 2.45) is 11.8 Å². The Balaban J connectivity index is 1.40. The molecule has 0 spiro atoms. The Bertz CT molecular complexity index is 1060. The molecule has 2 heterocycles. The summed E-state index contributed by atoms with van der Waals surface area (Å²) in [4.78, 5) is 30.2. The summed E-state index contributed by atoms with van der Waals surface area (Å²) in [6.07, 6.45) is 6.35. The molecule has 1 amide bonds. The number of amides is 1. The fraction of sp³-hybridized carbons (Fsp3) is 0.615. The second-order valence-electron chi connectivity index (χ2n) is 9.90. The predicted octanol–water partition coefficient (Wildman–Crippen LogP) is 5.13. The highest BCUT2D eigenvalue weighted by atomic mass is 16.6. The number of ether oxygens (including phenoxy) is 2. The molecule has 0 aliphatic heterocycles. The number of aliphatic carboxylic acids is 1. The second-order valence-corrected chi connectivity index (χ2v) is 9.90. The first-order valence-electron chi connectivity index (χ1n) is 12.5. The highest BCUT2D eigenvalue weighted by Gasteiger charge is 2.33. The molecule has 190 valence electrons. The molecular formula is C26H35N3O6. The number of carbonyl (C=O) groups excluding carboxylic acids is 1. The molecular weight excluding hydrogens is 450 g/mol. The third-order valence-electron chi connectivity index (χ3n) is 7.57. The van der Waals surface area contributed by atoms with Gasteiger partial charge in [0.25, 0.3) is 0 Å². The maximum Gasteiger partial charge on any atom is 0.410 e. The number of nitrogens with zero attached hydrogens (tertiary/aromatic N) is 3. The van der Waals surface area contributed by atoms with Gasteiger partial charge in [-0.1, -0.05) is 24.9 Å². The van der Waals surface area contributed by atoms with E-state index in [-0.39, 0.29) is 36.7 Å². The van der Waals surface area contributed by atoms with E-state index in [0.29, 0.717) is 34.2 Å². The van der Waals surface area contributed by atoms with Crippen molar-refractivity contribution in [3.63, 3.8) is 0 Å².